The van der Waals surface area contributed by atoms with Crippen LogP contribution in [0.1, 0.15) is 19.4 Å². The third kappa shape index (κ3) is 5.43. The molecule has 0 spiro atoms. The number of benzene rings is 2. The number of para-hydroxylation sites is 1. The molecule has 2 aliphatic heterocycles. The Kier molecular flexibility index (Phi) is 8.19. The molecule has 0 atom stereocenters. The zero-order valence-electron chi connectivity index (χ0n) is 23.2. The predicted octanol–water partition coefficient (Wildman–Crippen LogP) is 3.45. The van der Waals surface area contributed by atoms with Gasteiger partial charge in [0, 0.05) is 30.9 Å². The van der Waals surface area contributed by atoms with Gasteiger partial charge in [-0.3, -0.25) is 23.7 Å². The number of thiazole rings is 1. The topological polar surface area (TPSA) is 125 Å². The van der Waals surface area contributed by atoms with Crippen LogP contribution in [-0.2, 0) is 21.5 Å². The maximum Gasteiger partial charge on any atom is 0.294 e. The van der Waals surface area contributed by atoms with Crippen molar-refractivity contribution in [3.05, 3.63) is 98.2 Å². The molecule has 0 saturated heterocycles. The van der Waals surface area contributed by atoms with Gasteiger partial charge in [-0.25, -0.2) is 0 Å². The van der Waals surface area contributed by atoms with Gasteiger partial charge in [-0.05, 0) is 68.8 Å². The molecule has 2 aromatic carbocycles. The van der Waals surface area contributed by atoms with Gasteiger partial charge in [0.25, 0.3) is 21.6 Å². The lowest BCUT2D eigenvalue weighted by atomic mass is 10.1. The number of hydrazone groups is 1. The number of aryl methyl sites for hydroxylation is 1. The van der Waals surface area contributed by atoms with Crippen LogP contribution in [0.3, 0.4) is 0 Å². The molecule has 42 heavy (non-hydrogen) atoms. The molecular formula is C29H27N5O5S3. The third-order valence-electron chi connectivity index (χ3n) is 6.62. The van der Waals surface area contributed by atoms with Crippen molar-refractivity contribution in [3.63, 3.8) is 0 Å². The molecule has 0 saturated carbocycles. The standard InChI is InChI=1S/C24H22N4O5S3.C5H5N/c1-5-27-22(30)20(24-26(4)17-8-6-7-9-18(17)34-24)35-23(27)19-14(3)25-28(21(19)29)16-11-10-15(12-13(16)2)36(31,32)33;1-2-4-6-5-3-1/h6-12H,5H2,1-4H3,(H,31,32,33);1-5H/b23-19+,24-20-;. The molecule has 0 radical (unpaired) electrons. The predicted molar refractivity (Wildman–Crippen MR) is 167 cm³/mol. The fraction of sp³-hybridized carbons (Fsp3) is 0.172. The summed E-state index contributed by atoms with van der Waals surface area (Å²) in [5, 5.41) is 6.45. The largest absolute Gasteiger partial charge is 0.337 e. The molecule has 2 aromatic heterocycles. The molecule has 216 valence electrons. The summed E-state index contributed by atoms with van der Waals surface area (Å²) < 4.78 is 35.0. The van der Waals surface area contributed by atoms with E-state index >= 15 is 0 Å². The number of amides is 1. The van der Waals surface area contributed by atoms with Crippen molar-refractivity contribution in [1.82, 2.24) is 9.55 Å². The zero-order valence-corrected chi connectivity index (χ0v) is 25.6. The number of hydrogen-bond acceptors (Lipinski definition) is 9. The molecule has 0 bridgehead atoms. The highest BCUT2D eigenvalue weighted by Crippen LogP contribution is 2.45. The quantitative estimate of drug-likeness (QED) is 0.345. The summed E-state index contributed by atoms with van der Waals surface area (Å²) in [6, 6.07) is 17.6. The Balaban J connectivity index is 0.000000524. The minimum absolute atomic E-state index is 0.167. The Morgan fingerprint density at radius 3 is 2.24 bits per heavy atom. The first kappa shape index (κ1) is 29.5. The van der Waals surface area contributed by atoms with Gasteiger partial charge in [0.1, 0.15) is 14.2 Å². The average molecular weight is 622 g/mol. The number of carbonyl (C=O) groups excluding carboxylic acids is 1. The summed E-state index contributed by atoms with van der Waals surface area (Å²) in [7, 11) is -2.46. The maximum absolute atomic E-state index is 13.6. The van der Waals surface area contributed by atoms with Crippen molar-refractivity contribution in [2.45, 2.75) is 37.1 Å². The average Bonchev–Trinajstić information content (AvgIpc) is 3.58. The van der Waals surface area contributed by atoms with E-state index in [4.69, 9.17) is 0 Å². The van der Waals surface area contributed by atoms with Crippen molar-refractivity contribution in [2.24, 2.45) is 5.10 Å². The minimum atomic E-state index is -4.38. The summed E-state index contributed by atoms with van der Waals surface area (Å²) in [5.74, 6) is -0.411. The lowest BCUT2D eigenvalue weighted by Crippen LogP contribution is -2.35. The summed E-state index contributed by atoms with van der Waals surface area (Å²) in [6.07, 6.45) is 3.50. The zero-order chi connectivity index (χ0) is 30.2. The van der Waals surface area contributed by atoms with Gasteiger partial charge >= 0.3 is 0 Å². The minimum Gasteiger partial charge on any atom is -0.337 e. The molecule has 4 aromatic rings. The second kappa shape index (κ2) is 11.7. The van der Waals surface area contributed by atoms with Crippen molar-refractivity contribution in [3.8, 4) is 0 Å². The summed E-state index contributed by atoms with van der Waals surface area (Å²) >= 11 is 2.79. The van der Waals surface area contributed by atoms with E-state index in [1.807, 2.05) is 61.3 Å². The number of hydrogen-bond donors (Lipinski definition) is 1. The Morgan fingerprint density at radius 2 is 1.67 bits per heavy atom. The molecule has 1 amide bonds. The molecule has 2 aliphatic rings. The lowest BCUT2D eigenvalue weighted by molar-refractivity contribution is -0.112. The number of thioether (sulfide) groups is 1. The Bertz CT molecular complexity index is 1990. The van der Waals surface area contributed by atoms with E-state index in [0.717, 1.165) is 15.6 Å². The van der Waals surface area contributed by atoms with Crippen LogP contribution in [0.2, 0.25) is 0 Å². The van der Waals surface area contributed by atoms with Crippen LogP contribution in [0.25, 0.3) is 10.6 Å². The van der Waals surface area contributed by atoms with Crippen LogP contribution in [0.4, 0.5) is 11.4 Å². The van der Waals surface area contributed by atoms with Gasteiger partial charge < -0.3 is 4.90 Å². The van der Waals surface area contributed by atoms with Crippen molar-refractivity contribution >= 4 is 66.8 Å². The maximum atomic E-state index is 13.6. The molecule has 0 fully saturated rings. The van der Waals surface area contributed by atoms with Crippen LogP contribution >= 0.6 is 23.1 Å². The smallest absolute Gasteiger partial charge is 0.294 e. The van der Waals surface area contributed by atoms with E-state index in [1.54, 1.807) is 30.8 Å². The van der Waals surface area contributed by atoms with Gasteiger partial charge in [0.05, 0.1) is 27.6 Å². The molecule has 10 nitrogen and oxygen atoms in total. The molecule has 0 aliphatic carbocycles. The van der Waals surface area contributed by atoms with E-state index < -0.39 is 16.0 Å². The second-order valence-corrected chi connectivity index (χ2v) is 12.8. The molecule has 6 rings (SSSR count). The van der Waals surface area contributed by atoms with Crippen LogP contribution in [0, 0.1) is 6.92 Å². The van der Waals surface area contributed by atoms with Gasteiger partial charge in [0.2, 0.25) is 0 Å². The highest BCUT2D eigenvalue weighted by molar-refractivity contribution is 8.08. The van der Waals surface area contributed by atoms with Crippen LogP contribution < -0.4 is 24.7 Å². The normalized spacial score (nSPS) is 17.2. The number of anilines is 2. The summed E-state index contributed by atoms with van der Waals surface area (Å²) in [4.78, 5) is 33.6. The van der Waals surface area contributed by atoms with Crippen molar-refractivity contribution in [1.29, 1.82) is 0 Å². The lowest BCUT2D eigenvalue weighted by Gasteiger charge is -2.15. The third-order valence-corrected chi connectivity index (χ3v) is 10.0. The Hall–Kier alpha value is -4.04. The van der Waals surface area contributed by atoms with Gasteiger partial charge in [-0.1, -0.05) is 30.0 Å². The molecule has 0 unspecified atom stereocenters. The van der Waals surface area contributed by atoms with Crippen molar-refractivity contribution in [2.75, 3.05) is 17.0 Å². The highest BCUT2D eigenvalue weighted by atomic mass is 32.2. The van der Waals surface area contributed by atoms with Gasteiger partial charge in [-0.15, -0.1) is 11.3 Å². The summed E-state index contributed by atoms with van der Waals surface area (Å²) in [6.45, 7) is 5.57. The number of pyridine rings is 1. The van der Waals surface area contributed by atoms with Gasteiger partial charge in [0.15, 0.2) is 0 Å². The fourth-order valence-corrected chi connectivity index (χ4v) is 7.74. The van der Waals surface area contributed by atoms with Crippen LogP contribution in [-0.4, -0.2) is 41.2 Å². The Morgan fingerprint density at radius 1 is 0.952 bits per heavy atom. The molecule has 13 heteroatoms. The van der Waals surface area contributed by atoms with Crippen molar-refractivity contribution < 1.29 is 17.8 Å². The van der Waals surface area contributed by atoms with E-state index in [9.17, 15) is 22.6 Å². The molecule has 4 heterocycles. The number of aromatic nitrogens is 2. The van der Waals surface area contributed by atoms with E-state index in [1.165, 1.54) is 46.3 Å². The second-order valence-electron chi connectivity index (χ2n) is 9.34. The number of nitrogens with zero attached hydrogens (tertiary/aromatic N) is 5. The summed E-state index contributed by atoms with van der Waals surface area (Å²) in [5.41, 5.74) is 2.47. The van der Waals surface area contributed by atoms with E-state index in [-0.39, 0.29) is 10.5 Å². The fourth-order valence-electron chi connectivity index (χ4n) is 4.57. The molecule has 1 N–H and O–H groups in total. The monoisotopic (exact) mass is 621 g/mol. The number of fused-ring (bicyclic) bond motifs is 1. The first-order chi connectivity index (χ1) is 20.0. The number of rotatable bonds is 3. The van der Waals surface area contributed by atoms with E-state index in [0.29, 0.717) is 38.3 Å². The van der Waals surface area contributed by atoms with Crippen LogP contribution in [0.5, 0.6) is 0 Å². The van der Waals surface area contributed by atoms with Crippen LogP contribution in [0.15, 0.2) is 92.7 Å². The first-order valence-electron chi connectivity index (χ1n) is 12.8. The number of carbonyl (C=O) groups is 1. The SMILES string of the molecule is CCn1c(=O)/c(=C2/Sc3ccccc3N2C)s/c1=C1/C(=O)N(c2ccc(S(=O)(=O)O)cc2C)N=C1C.c1ccncc1. The highest BCUT2D eigenvalue weighted by Gasteiger charge is 2.33. The first-order valence-corrected chi connectivity index (χ1v) is 15.9. The molecular weight excluding hydrogens is 595 g/mol. The van der Waals surface area contributed by atoms with E-state index in [2.05, 4.69) is 10.1 Å². The van der Waals surface area contributed by atoms with Gasteiger partial charge in [-0.2, -0.15) is 18.5 Å². The Labute approximate surface area is 250 Å².